The van der Waals surface area contributed by atoms with E-state index in [0.29, 0.717) is 0 Å². The van der Waals surface area contributed by atoms with Crippen molar-refractivity contribution in [3.63, 3.8) is 0 Å². The molecule has 0 atom stereocenters. The van der Waals surface area contributed by atoms with Gasteiger partial charge in [0.05, 0.1) is 11.4 Å². The minimum absolute atomic E-state index is 1.12. The zero-order valence-electron chi connectivity index (χ0n) is 28.0. The Hall–Kier alpha value is -6.70. The molecule has 0 amide bonds. The largest absolute Gasteiger partial charge is 0.309 e. The molecule has 1 nitrogen and oxygen atoms in total. The lowest BCUT2D eigenvalue weighted by molar-refractivity contribution is 1.31. The van der Waals surface area contributed by atoms with E-state index in [1.54, 1.807) is 0 Å². The molecule has 0 aromatic heterocycles. The van der Waals surface area contributed by atoms with Gasteiger partial charge in [0.2, 0.25) is 0 Å². The van der Waals surface area contributed by atoms with Crippen molar-refractivity contribution in [3.05, 3.63) is 200 Å². The predicted octanol–water partition coefficient (Wildman–Crippen LogP) is 14.3. The Morgan fingerprint density at radius 3 is 1.31 bits per heavy atom. The highest BCUT2D eigenvalue weighted by Crippen LogP contribution is 2.51. The van der Waals surface area contributed by atoms with Gasteiger partial charge in [0, 0.05) is 22.0 Å². The fraction of sp³-hybridized carbons (Fsp3) is 0. The van der Waals surface area contributed by atoms with Crippen LogP contribution in [0.4, 0.5) is 17.1 Å². The van der Waals surface area contributed by atoms with Crippen molar-refractivity contribution < 1.29 is 0 Å². The van der Waals surface area contributed by atoms with Crippen LogP contribution in [-0.4, -0.2) is 0 Å². The molecule has 0 radical (unpaired) electrons. The van der Waals surface area contributed by atoms with Crippen LogP contribution in [0.15, 0.2) is 200 Å². The summed E-state index contributed by atoms with van der Waals surface area (Å²) >= 11 is 0. The Morgan fingerprint density at radius 1 is 0.255 bits per heavy atom. The van der Waals surface area contributed by atoms with Crippen LogP contribution in [-0.2, 0) is 0 Å². The first-order valence-corrected chi connectivity index (χ1v) is 17.6. The number of fused-ring (bicyclic) bond motifs is 5. The number of rotatable bonds is 5. The second-order valence-electron chi connectivity index (χ2n) is 13.2. The van der Waals surface area contributed by atoms with Crippen LogP contribution in [0.2, 0.25) is 0 Å². The van der Waals surface area contributed by atoms with Gasteiger partial charge in [-0.1, -0.05) is 176 Å². The van der Waals surface area contributed by atoms with E-state index in [1.165, 1.54) is 76.1 Å². The molecule has 0 aliphatic rings. The van der Waals surface area contributed by atoms with Crippen molar-refractivity contribution in [2.75, 3.05) is 4.90 Å². The van der Waals surface area contributed by atoms with Gasteiger partial charge in [0.25, 0.3) is 0 Å². The van der Waals surface area contributed by atoms with Gasteiger partial charge in [0.15, 0.2) is 0 Å². The molecule has 0 bridgehead atoms. The summed E-state index contributed by atoms with van der Waals surface area (Å²) in [6, 6.07) is 73.1. The molecule has 51 heavy (non-hydrogen) atoms. The topological polar surface area (TPSA) is 3.24 Å². The van der Waals surface area contributed by atoms with Gasteiger partial charge in [-0.05, 0) is 84.0 Å². The summed E-state index contributed by atoms with van der Waals surface area (Å²) in [5.74, 6) is 0. The van der Waals surface area contributed by atoms with Gasteiger partial charge in [-0.2, -0.15) is 0 Å². The van der Waals surface area contributed by atoms with Crippen LogP contribution < -0.4 is 4.90 Å². The quantitative estimate of drug-likeness (QED) is 0.168. The molecule has 10 aromatic carbocycles. The Bertz CT molecular complexity index is 2910. The fourth-order valence-electron chi connectivity index (χ4n) is 8.24. The lowest BCUT2D eigenvalue weighted by atomic mass is 9.83. The molecule has 1 heteroatoms. The van der Waals surface area contributed by atoms with Crippen molar-refractivity contribution in [3.8, 4) is 22.3 Å². The van der Waals surface area contributed by atoms with Crippen molar-refractivity contribution in [1.29, 1.82) is 0 Å². The van der Waals surface area contributed by atoms with Crippen LogP contribution in [0, 0.1) is 0 Å². The van der Waals surface area contributed by atoms with Crippen LogP contribution in [0.25, 0.3) is 76.1 Å². The first kappa shape index (κ1) is 29.2. The summed E-state index contributed by atoms with van der Waals surface area (Å²) in [5, 5.41) is 12.3. The molecule has 0 N–H and O–H groups in total. The molecule has 0 spiro atoms. The maximum atomic E-state index is 2.47. The van der Waals surface area contributed by atoms with Crippen LogP contribution in [0.1, 0.15) is 0 Å². The van der Waals surface area contributed by atoms with Crippen LogP contribution >= 0.6 is 0 Å². The molecular formula is C50H33N. The van der Waals surface area contributed by atoms with E-state index in [0.717, 1.165) is 17.1 Å². The van der Waals surface area contributed by atoms with E-state index in [2.05, 4.69) is 205 Å². The van der Waals surface area contributed by atoms with Crippen LogP contribution in [0.3, 0.4) is 0 Å². The maximum Gasteiger partial charge on any atom is 0.0547 e. The highest BCUT2D eigenvalue weighted by molar-refractivity contribution is 6.28. The van der Waals surface area contributed by atoms with Gasteiger partial charge >= 0.3 is 0 Å². The summed E-state index contributed by atoms with van der Waals surface area (Å²) in [6.45, 7) is 0. The van der Waals surface area contributed by atoms with Gasteiger partial charge in [-0.25, -0.2) is 0 Å². The average Bonchev–Trinajstić information content (AvgIpc) is 3.20. The summed E-state index contributed by atoms with van der Waals surface area (Å²) in [5.41, 5.74) is 8.39. The summed E-state index contributed by atoms with van der Waals surface area (Å²) in [4.78, 5) is 2.47. The predicted molar refractivity (Wildman–Crippen MR) is 220 cm³/mol. The second-order valence-corrected chi connectivity index (χ2v) is 13.2. The first-order valence-electron chi connectivity index (χ1n) is 17.6. The summed E-state index contributed by atoms with van der Waals surface area (Å²) in [7, 11) is 0. The number of anilines is 3. The molecule has 238 valence electrons. The smallest absolute Gasteiger partial charge is 0.0547 e. The number of hydrogen-bond acceptors (Lipinski definition) is 1. The Kier molecular flexibility index (Phi) is 6.89. The molecule has 10 aromatic rings. The van der Waals surface area contributed by atoms with Gasteiger partial charge in [-0.3, -0.25) is 0 Å². The lowest BCUT2D eigenvalue weighted by Gasteiger charge is -2.30. The monoisotopic (exact) mass is 647 g/mol. The molecule has 0 heterocycles. The third-order valence-electron chi connectivity index (χ3n) is 10.4. The summed E-state index contributed by atoms with van der Waals surface area (Å²) in [6.07, 6.45) is 0. The van der Waals surface area contributed by atoms with Crippen molar-refractivity contribution in [1.82, 2.24) is 0 Å². The number of benzene rings is 10. The Morgan fingerprint density at radius 2 is 0.667 bits per heavy atom. The molecule has 0 unspecified atom stereocenters. The molecule has 10 rings (SSSR count). The third kappa shape index (κ3) is 4.70. The van der Waals surface area contributed by atoms with Gasteiger partial charge in [0.1, 0.15) is 0 Å². The zero-order chi connectivity index (χ0) is 33.7. The van der Waals surface area contributed by atoms with Gasteiger partial charge in [-0.15, -0.1) is 0 Å². The number of nitrogens with zero attached hydrogens (tertiary/aromatic N) is 1. The molecule has 0 fully saturated rings. The van der Waals surface area contributed by atoms with Crippen molar-refractivity contribution in [2.45, 2.75) is 0 Å². The maximum absolute atomic E-state index is 2.47. The Labute approximate surface area is 297 Å². The lowest BCUT2D eigenvalue weighted by Crippen LogP contribution is -2.11. The van der Waals surface area contributed by atoms with E-state index >= 15 is 0 Å². The summed E-state index contributed by atoms with van der Waals surface area (Å²) < 4.78 is 0. The Balaban J connectivity index is 1.44. The highest BCUT2D eigenvalue weighted by atomic mass is 15.1. The molecule has 0 saturated heterocycles. The van der Waals surface area contributed by atoms with Crippen molar-refractivity contribution >= 4 is 70.9 Å². The zero-order valence-corrected chi connectivity index (χ0v) is 28.0. The SMILES string of the molecule is c1ccc(N(c2cccc3ccccc23)c2cccc3c(-c4cccc5ccccc45)c4ccccc4c(-c4cccc5ccccc45)c23)cc1. The molecule has 0 aliphatic carbocycles. The number of para-hydroxylation sites is 1. The molecule has 0 saturated carbocycles. The van der Waals surface area contributed by atoms with E-state index in [1.807, 2.05) is 0 Å². The highest BCUT2D eigenvalue weighted by Gasteiger charge is 2.25. The molecular weight excluding hydrogens is 615 g/mol. The van der Waals surface area contributed by atoms with E-state index < -0.39 is 0 Å². The molecule has 0 aliphatic heterocycles. The second kappa shape index (κ2) is 12.0. The van der Waals surface area contributed by atoms with Crippen LogP contribution in [0.5, 0.6) is 0 Å². The minimum Gasteiger partial charge on any atom is -0.309 e. The van der Waals surface area contributed by atoms with E-state index in [-0.39, 0.29) is 0 Å². The fourth-order valence-corrected chi connectivity index (χ4v) is 8.24. The first-order chi connectivity index (χ1) is 25.3. The van der Waals surface area contributed by atoms with E-state index in [4.69, 9.17) is 0 Å². The number of hydrogen-bond donors (Lipinski definition) is 0. The average molecular weight is 648 g/mol. The minimum atomic E-state index is 1.12. The van der Waals surface area contributed by atoms with Gasteiger partial charge < -0.3 is 4.90 Å². The normalized spacial score (nSPS) is 11.5. The van der Waals surface area contributed by atoms with E-state index in [9.17, 15) is 0 Å². The standard InChI is InChI=1S/C50H33N/c1-2-22-37(23-3-1)51(46-32-14-21-36-18-6-9-26-40(36)46)47-33-15-31-45-48(41-29-12-19-34-16-4-7-24-38(34)41)43-27-10-11-28-44(43)49(50(45)47)42-30-13-20-35-17-5-8-25-39(35)42/h1-33H. The third-order valence-corrected chi connectivity index (χ3v) is 10.4. The van der Waals surface area contributed by atoms with Crippen molar-refractivity contribution in [2.24, 2.45) is 0 Å².